The van der Waals surface area contributed by atoms with Crippen molar-refractivity contribution in [1.29, 1.82) is 0 Å². The van der Waals surface area contributed by atoms with Gasteiger partial charge in [0.2, 0.25) is 0 Å². The molecular formula is C29H28N2O2. The lowest BCUT2D eigenvalue weighted by Crippen LogP contribution is -2.26. The second-order valence-electron chi connectivity index (χ2n) is 7.91. The van der Waals surface area contributed by atoms with Gasteiger partial charge in [-0.25, -0.2) is 0 Å². The van der Waals surface area contributed by atoms with E-state index in [1.54, 1.807) is 4.90 Å². The van der Waals surface area contributed by atoms with E-state index in [0.717, 1.165) is 30.2 Å². The Morgan fingerprint density at radius 1 is 0.697 bits per heavy atom. The number of benzene rings is 4. The zero-order valence-corrected chi connectivity index (χ0v) is 18.8. The van der Waals surface area contributed by atoms with Gasteiger partial charge in [-0.3, -0.25) is 14.6 Å². The lowest BCUT2D eigenvalue weighted by Gasteiger charge is -2.23. The first-order valence-corrected chi connectivity index (χ1v) is 11.1. The van der Waals surface area contributed by atoms with Gasteiger partial charge < -0.3 is 4.74 Å². The fraction of sp³-hybridized carbons (Fsp3) is 0.138. The summed E-state index contributed by atoms with van der Waals surface area (Å²) in [5.74, 6) is 0.713. The molecule has 33 heavy (non-hydrogen) atoms. The van der Waals surface area contributed by atoms with Crippen LogP contribution in [0.4, 0.5) is 11.4 Å². The monoisotopic (exact) mass is 436 g/mol. The number of carbonyl (C=O) groups excluding carboxylic acids is 1. The van der Waals surface area contributed by atoms with Crippen molar-refractivity contribution < 1.29 is 9.53 Å². The van der Waals surface area contributed by atoms with Gasteiger partial charge in [0.15, 0.2) is 0 Å². The lowest BCUT2D eigenvalue weighted by molar-refractivity contribution is 0.0999. The molecule has 1 amide bonds. The fourth-order valence-electron chi connectivity index (χ4n) is 3.66. The highest BCUT2D eigenvalue weighted by Gasteiger charge is 2.19. The minimum absolute atomic E-state index is 0.0713. The second-order valence-corrected chi connectivity index (χ2v) is 7.91. The number of ether oxygens (including phenoxy) is 1. The van der Waals surface area contributed by atoms with Crippen LogP contribution in [-0.2, 0) is 6.54 Å². The largest absolute Gasteiger partial charge is 0.492 e. The number of hydrogen-bond acceptors (Lipinski definition) is 3. The molecule has 0 radical (unpaired) electrons. The Morgan fingerprint density at radius 2 is 1.24 bits per heavy atom. The summed E-state index contributed by atoms with van der Waals surface area (Å²) in [4.78, 5) is 17.3. The Balaban J connectivity index is 1.42. The average molecular weight is 437 g/mol. The van der Waals surface area contributed by atoms with Gasteiger partial charge in [0.05, 0.1) is 0 Å². The van der Waals surface area contributed by atoms with Crippen molar-refractivity contribution in [1.82, 2.24) is 4.90 Å². The molecule has 0 fully saturated rings. The first-order chi connectivity index (χ1) is 16.2. The maximum absolute atomic E-state index is 13.3. The number of hydrogen-bond donors (Lipinski definition) is 0. The van der Waals surface area contributed by atoms with Crippen LogP contribution in [0.1, 0.15) is 15.9 Å². The van der Waals surface area contributed by atoms with Gasteiger partial charge in [0.25, 0.3) is 5.91 Å². The highest BCUT2D eigenvalue weighted by Crippen LogP contribution is 2.29. The van der Waals surface area contributed by atoms with Crippen molar-refractivity contribution in [3.05, 3.63) is 126 Å². The normalized spacial score (nSPS) is 10.7. The minimum atomic E-state index is -0.0713. The van der Waals surface area contributed by atoms with Crippen molar-refractivity contribution in [2.45, 2.75) is 6.54 Å². The van der Waals surface area contributed by atoms with Crippen molar-refractivity contribution in [3.8, 4) is 5.75 Å². The number of nitrogens with zero attached hydrogens (tertiary/aromatic N) is 2. The summed E-state index contributed by atoms with van der Waals surface area (Å²) in [5, 5.41) is 0. The number of rotatable bonds is 9. The maximum atomic E-state index is 13.3. The Bertz CT molecular complexity index is 1130. The quantitative estimate of drug-likeness (QED) is 0.314. The van der Waals surface area contributed by atoms with Crippen molar-refractivity contribution in [2.75, 3.05) is 25.1 Å². The van der Waals surface area contributed by atoms with E-state index in [9.17, 15) is 4.79 Å². The van der Waals surface area contributed by atoms with Crippen molar-refractivity contribution in [3.63, 3.8) is 0 Å². The van der Waals surface area contributed by atoms with Gasteiger partial charge in [-0.15, -0.1) is 0 Å². The van der Waals surface area contributed by atoms with Crippen molar-refractivity contribution >= 4 is 17.3 Å². The lowest BCUT2D eigenvalue weighted by atomic mass is 10.1. The Kier molecular flexibility index (Phi) is 7.52. The van der Waals surface area contributed by atoms with E-state index in [0.29, 0.717) is 12.2 Å². The zero-order valence-electron chi connectivity index (χ0n) is 18.8. The van der Waals surface area contributed by atoms with Crippen LogP contribution >= 0.6 is 0 Å². The molecule has 0 atom stereocenters. The molecule has 0 heterocycles. The second kappa shape index (κ2) is 11.1. The summed E-state index contributed by atoms with van der Waals surface area (Å²) in [6.07, 6.45) is 0. The van der Waals surface area contributed by atoms with Crippen LogP contribution in [-0.4, -0.2) is 31.0 Å². The van der Waals surface area contributed by atoms with Crippen LogP contribution in [0.25, 0.3) is 0 Å². The molecule has 0 aliphatic heterocycles. The molecule has 0 N–H and O–H groups in total. The van der Waals surface area contributed by atoms with E-state index in [4.69, 9.17) is 4.74 Å². The Hall–Kier alpha value is -3.89. The minimum Gasteiger partial charge on any atom is -0.492 e. The topological polar surface area (TPSA) is 32.8 Å². The number of para-hydroxylation sites is 1. The first kappa shape index (κ1) is 22.3. The van der Waals surface area contributed by atoms with E-state index in [1.165, 1.54) is 5.56 Å². The van der Waals surface area contributed by atoms with Gasteiger partial charge >= 0.3 is 0 Å². The number of amides is 1. The molecule has 0 spiro atoms. The van der Waals surface area contributed by atoms with Gasteiger partial charge in [0, 0.05) is 30.0 Å². The van der Waals surface area contributed by atoms with Crippen LogP contribution in [0.3, 0.4) is 0 Å². The van der Waals surface area contributed by atoms with Gasteiger partial charge in [-0.1, -0.05) is 66.7 Å². The number of likely N-dealkylation sites (N-methyl/N-ethyl adjacent to an activating group) is 1. The summed E-state index contributed by atoms with van der Waals surface area (Å²) in [7, 11) is 2.09. The highest BCUT2D eigenvalue weighted by atomic mass is 16.5. The van der Waals surface area contributed by atoms with Crippen LogP contribution in [0.5, 0.6) is 5.75 Å². The number of carbonyl (C=O) groups is 1. The van der Waals surface area contributed by atoms with E-state index in [-0.39, 0.29) is 5.91 Å². The van der Waals surface area contributed by atoms with E-state index in [1.807, 2.05) is 91.0 Å². The fourth-order valence-corrected chi connectivity index (χ4v) is 3.66. The van der Waals surface area contributed by atoms with Gasteiger partial charge in [-0.2, -0.15) is 0 Å². The van der Waals surface area contributed by atoms with Crippen LogP contribution < -0.4 is 9.64 Å². The maximum Gasteiger partial charge on any atom is 0.262 e. The summed E-state index contributed by atoms with van der Waals surface area (Å²) >= 11 is 0. The Morgan fingerprint density at radius 3 is 1.88 bits per heavy atom. The molecule has 0 unspecified atom stereocenters. The molecular weight excluding hydrogens is 408 g/mol. The molecule has 0 aliphatic carbocycles. The molecule has 4 aromatic rings. The van der Waals surface area contributed by atoms with E-state index >= 15 is 0 Å². The SMILES string of the molecule is CN(CCOc1ccc(N(C(=O)c2ccccc2)c2ccccc2)cc1)Cc1ccccc1. The Labute approximate surface area is 195 Å². The molecule has 0 saturated carbocycles. The molecule has 0 bridgehead atoms. The number of anilines is 2. The standard InChI is InChI=1S/C29H28N2O2/c1-30(23-24-11-5-2-6-12-24)21-22-33-28-19-17-27(18-20-28)31(26-15-9-4-10-16-26)29(32)25-13-7-3-8-14-25/h2-20H,21-23H2,1H3. The summed E-state index contributed by atoms with van der Waals surface area (Å²) in [6.45, 7) is 2.30. The smallest absolute Gasteiger partial charge is 0.262 e. The van der Waals surface area contributed by atoms with E-state index in [2.05, 4.69) is 36.2 Å². The van der Waals surface area contributed by atoms with Gasteiger partial charge in [-0.05, 0) is 61.1 Å². The van der Waals surface area contributed by atoms with Crippen molar-refractivity contribution in [2.24, 2.45) is 0 Å². The molecule has 0 saturated heterocycles. The molecule has 4 nitrogen and oxygen atoms in total. The van der Waals surface area contributed by atoms with Crippen LogP contribution in [0, 0.1) is 0 Å². The average Bonchev–Trinajstić information content (AvgIpc) is 2.87. The predicted molar refractivity (Wildman–Crippen MR) is 134 cm³/mol. The third-order valence-corrected chi connectivity index (χ3v) is 5.37. The molecule has 0 aromatic heterocycles. The third kappa shape index (κ3) is 6.09. The predicted octanol–water partition coefficient (Wildman–Crippen LogP) is 6.18. The summed E-state index contributed by atoms with van der Waals surface area (Å²) in [5.41, 5.74) is 3.54. The van der Waals surface area contributed by atoms with E-state index < -0.39 is 0 Å². The molecule has 4 heteroatoms. The molecule has 0 aliphatic rings. The third-order valence-electron chi connectivity index (χ3n) is 5.37. The summed E-state index contributed by atoms with van der Waals surface area (Å²) < 4.78 is 5.95. The van der Waals surface area contributed by atoms with Gasteiger partial charge in [0.1, 0.15) is 12.4 Å². The molecule has 166 valence electrons. The molecule has 4 aromatic carbocycles. The van der Waals surface area contributed by atoms with Crippen LogP contribution in [0.15, 0.2) is 115 Å². The summed E-state index contributed by atoms with van der Waals surface area (Å²) in [6, 6.07) is 37.1. The zero-order chi connectivity index (χ0) is 22.9. The first-order valence-electron chi connectivity index (χ1n) is 11.1. The van der Waals surface area contributed by atoms with Crippen LogP contribution in [0.2, 0.25) is 0 Å². The molecule has 4 rings (SSSR count). The highest BCUT2D eigenvalue weighted by molar-refractivity contribution is 6.10.